The molecule has 1 nitrogen and oxygen atoms in total. The summed E-state index contributed by atoms with van der Waals surface area (Å²) in [4.78, 5) is 0. The minimum atomic E-state index is 0.918. The van der Waals surface area contributed by atoms with Gasteiger partial charge >= 0.3 is 0 Å². The number of rotatable bonds is 3. The van der Waals surface area contributed by atoms with Crippen LogP contribution in [0.3, 0.4) is 0 Å². The van der Waals surface area contributed by atoms with E-state index >= 15 is 0 Å². The average molecular weight is 653 g/mol. The molecule has 0 spiro atoms. The van der Waals surface area contributed by atoms with Gasteiger partial charge in [-0.15, -0.1) is 11.3 Å². The van der Waals surface area contributed by atoms with Crippen molar-refractivity contribution in [2.45, 2.75) is 0 Å². The third-order valence-corrected chi connectivity index (χ3v) is 11.6. The maximum Gasteiger partial charge on any atom is 0.136 e. The molecule has 2 heteroatoms. The van der Waals surface area contributed by atoms with Crippen LogP contribution in [-0.4, -0.2) is 0 Å². The quantitative estimate of drug-likeness (QED) is 0.173. The number of benzene rings is 9. The molecule has 0 aliphatic rings. The summed E-state index contributed by atoms with van der Waals surface area (Å²) in [6.45, 7) is 0. The highest BCUT2D eigenvalue weighted by atomic mass is 32.1. The van der Waals surface area contributed by atoms with Crippen LogP contribution in [0.25, 0.3) is 108 Å². The molecule has 0 bridgehead atoms. The van der Waals surface area contributed by atoms with E-state index in [1.54, 1.807) is 0 Å². The van der Waals surface area contributed by atoms with Gasteiger partial charge in [-0.2, -0.15) is 0 Å². The van der Waals surface area contributed by atoms with Crippen molar-refractivity contribution in [1.29, 1.82) is 0 Å². The Hall–Kier alpha value is -6.22. The molecule has 0 fully saturated rings. The number of hydrogen-bond acceptors (Lipinski definition) is 2. The Balaban J connectivity index is 1.15. The highest BCUT2D eigenvalue weighted by Gasteiger charge is 2.19. The molecule has 0 saturated carbocycles. The SMILES string of the molecule is c1cc(-c2cccc3ccccc23)cc(-c2c3ccccc3c(-c3ccc4oc5cc6c(cc5c4c3)sc3ccccc36)c3ccccc23)c1. The smallest absolute Gasteiger partial charge is 0.136 e. The van der Waals surface area contributed by atoms with Crippen LogP contribution in [0.5, 0.6) is 0 Å². The summed E-state index contributed by atoms with van der Waals surface area (Å²) in [6, 6.07) is 62.1. The molecule has 0 unspecified atom stereocenters. The molecular weight excluding hydrogens is 625 g/mol. The van der Waals surface area contributed by atoms with Crippen molar-refractivity contribution >= 4 is 85.8 Å². The van der Waals surface area contributed by atoms with Gasteiger partial charge < -0.3 is 4.42 Å². The lowest BCUT2D eigenvalue weighted by molar-refractivity contribution is 0.669. The third-order valence-electron chi connectivity index (χ3n) is 10.4. The fourth-order valence-electron chi connectivity index (χ4n) is 8.22. The van der Waals surface area contributed by atoms with E-state index in [4.69, 9.17) is 4.42 Å². The lowest BCUT2D eigenvalue weighted by Crippen LogP contribution is -1.91. The highest BCUT2D eigenvalue weighted by molar-refractivity contribution is 7.25. The van der Waals surface area contributed by atoms with Crippen molar-refractivity contribution in [2.75, 3.05) is 0 Å². The molecule has 11 aromatic rings. The first kappa shape index (κ1) is 27.7. The monoisotopic (exact) mass is 652 g/mol. The number of thiophene rings is 1. The van der Waals surface area contributed by atoms with Gasteiger partial charge in [0.1, 0.15) is 11.2 Å². The van der Waals surface area contributed by atoms with Crippen LogP contribution in [0, 0.1) is 0 Å². The summed E-state index contributed by atoms with van der Waals surface area (Å²) in [5, 5.41) is 12.4. The van der Waals surface area contributed by atoms with Gasteiger partial charge in [0.2, 0.25) is 0 Å². The van der Waals surface area contributed by atoms with Crippen LogP contribution in [0.2, 0.25) is 0 Å². The summed E-state index contributed by atoms with van der Waals surface area (Å²) >= 11 is 1.85. The molecule has 11 rings (SSSR count). The van der Waals surface area contributed by atoms with Gasteiger partial charge in [-0.05, 0) is 102 Å². The Morgan fingerprint density at radius 1 is 0.320 bits per heavy atom. The molecular formula is C48H28OS. The van der Waals surface area contributed by atoms with Crippen LogP contribution in [0.15, 0.2) is 174 Å². The molecule has 0 amide bonds. The van der Waals surface area contributed by atoms with Crippen LogP contribution < -0.4 is 0 Å². The predicted octanol–water partition coefficient (Wildman–Crippen LogP) is 14.4. The maximum absolute atomic E-state index is 6.50. The summed E-state index contributed by atoms with van der Waals surface area (Å²) in [6.07, 6.45) is 0. The first-order chi connectivity index (χ1) is 24.8. The predicted molar refractivity (Wildman–Crippen MR) is 215 cm³/mol. The van der Waals surface area contributed by atoms with Gasteiger partial charge in [-0.3, -0.25) is 0 Å². The second kappa shape index (κ2) is 10.6. The van der Waals surface area contributed by atoms with Crippen LogP contribution >= 0.6 is 11.3 Å². The molecule has 2 aromatic heterocycles. The van der Waals surface area contributed by atoms with Crippen molar-refractivity contribution in [3.63, 3.8) is 0 Å². The standard InChI is InChI=1S/C48H28OS/c1-2-15-33-29(11-1)12-10-21-34(33)30-13-9-14-31(25-30)47-36-17-3-5-19-38(36)48(39-20-6-4-18-37(39)47)32-23-24-43-40(26-32)41-28-46-42(27-44(41)49-43)35-16-7-8-22-45(35)50-46/h1-28H. The fourth-order valence-corrected chi connectivity index (χ4v) is 9.35. The molecule has 0 aliphatic heterocycles. The van der Waals surface area contributed by atoms with Gasteiger partial charge in [0.05, 0.1) is 0 Å². The Labute approximate surface area is 292 Å². The third kappa shape index (κ3) is 4.06. The molecule has 0 atom stereocenters. The Morgan fingerprint density at radius 2 is 0.900 bits per heavy atom. The molecule has 50 heavy (non-hydrogen) atoms. The first-order valence-electron chi connectivity index (χ1n) is 17.1. The van der Waals surface area contributed by atoms with E-state index in [9.17, 15) is 0 Å². The van der Waals surface area contributed by atoms with E-state index in [2.05, 4.69) is 170 Å². The molecule has 2 heterocycles. The molecule has 0 saturated heterocycles. The van der Waals surface area contributed by atoms with E-state index in [0.717, 1.165) is 21.9 Å². The molecule has 0 radical (unpaired) electrons. The second-order valence-corrected chi connectivity index (χ2v) is 14.3. The Bertz CT molecular complexity index is 3100. The van der Waals surface area contributed by atoms with E-state index in [1.807, 2.05) is 11.3 Å². The zero-order valence-electron chi connectivity index (χ0n) is 27.0. The lowest BCUT2D eigenvalue weighted by atomic mass is 9.85. The lowest BCUT2D eigenvalue weighted by Gasteiger charge is -2.18. The summed E-state index contributed by atoms with van der Waals surface area (Å²) in [5.74, 6) is 0. The topological polar surface area (TPSA) is 13.1 Å². The normalized spacial score (nSPS) is 12.0. The maximum atomic E-state index is 6.50. The van der Waals surface area contributed by atoms with Crippen molar-refractivity contribution in [3.8, 4) is 33.4 Å². The van der Waals surface area contributed by atoms with Crippen molar-refractivity contribution in [1.82, 2.24) is 0 Å². The van der Waals surface area contributed by atoms with Crippen molar-refractivity contribution < 1.29 is 4.42 Å². The minimum Gasteiger partial charge on any atom is -0.456 e. The van der Waals surface area contributed by atoms with Crippen molar-refractivity contribution in [2.24, 2.45) is 0 Å². The van der Waals surface area contributed by atoms with Gasteiger partial charge in [0.15, 0.2) is 0 Å². The second-order valence-electron chi connectivity index (χ2n) is 13.2. The van der Waals surface area contributed by atoms with Crippen LogP contribution in [-0.2, 0) is 0 Å². The first-order valence-corrected chi connectivity index (χ1v) is 17.9. The highest BCUT2D eigenvalue weighted by Crippen LogP contribution is 2.46. The average Bonchev–Trinajstić information content (AvgIpc) is 3.72. The summed E-state index contributed by atoms with van der Waals surface area (Å²) in [5.41, 5.74) is 9.27. The van der Waals surface area contributed by atoms with Crippen molar-refractivity contribution in [3.05, 3.63) is 170 Å². The Morgan fingerprint density at radius 3 is 1.66 bits per heavy atom. The van der Waals surface area contributed by atoms with E-state index in [-0.39, 0.29) is 0 Å². The van der Waals surface area contributed by atoms with Gasteiger partial charge in [-0.25, -0.2) is 0 Å². The minimum absolute atomic E-state index is 0.918. The largest absolute Gasteiger partial charge is 0.456 e. The van der Waals surface area contributed by atoms with E-state index < -0.39 is 0 Å². The van der Waals surface area contributed by atoms with Crippen LogP contribution in [0.4, 0.5) is 0 Å². The Kier molecular flexibility index (Phi) is 5.89. The summed E-state index contributed by atoms with van der Waals surface area (Å²) in [7, 11) is 0. The molecule has 232 valence electrons. The van der Waals surface area contributed by atoms with E-state index in [1.165, 1.54) is 85.9 Å². The molecule has 0 aliphatic carbocycles. The number of hydrogen-bond donors (Lipinski definition) is 0. The summed E-state index contributed by atoms with van der Waals surface area (Å²) < 4.78 is 9.10. The zero-order chi connectivity index (χ0) is 32.8. The molecule has 0 N–H and O–H groups in total. The van der Waals surface area contributed by atoms with Gasteiger partial charge in [-0.1, -0.05) is 133 Å². The van der Waals surface area contributed by atoms with E-state index in [0.29, 0.717) is 0 Å². The molecule has 9 aromatic carbocycles. The zero-order valence-corrected chi connectivity index (χ0v) is 27.8. The van der Waals surface area contributed by atoms with Gasteiger partial charge in [0, 0.05) is 30.9 Å². The van der Waals surface area contributed by atoms with Gasteiger partial charge in [0.25, 0.3) is 0 Å². The number of furan rings is 1. The van der Waals surface area contributed by atoms with Crippen LogP contribution in [0.1, 0.15) is 0 Å². The number of fused-ring (bicyclic) bond motifs is 9. The fraction of sp³-hybridized carbons (Fsp3) is 0.